The molecule has 0 unspecified atom stereocenters. The van der Waals surface area contributed by atoms with Crippen LogP contribution in [0.4, 0.5) is 15.1 Å². The second-order valence-corrected chi connectivity index (χ2v) is 9.51. The molecule has 3 N–H and O–H groups in total. The molecule has 1 aromatic heterocycles. The summed E-state index contributed by atoms with van der Waals surface area (Å²) in [6.45, 7) is 6.54. The van der Waals surface area contributed by atoms with Crippen molar-refractivity contribution in [2.75, 3.05) is 38.1 Å². The fourth-order valence-electron chi connectivity index (χ4n) is 5.34. The van der Waals surface area contributed by atoms with Crippen LogP contribution in [0.25, 0.3) is 11.0 Å². The van der Waals surface area contributed by atoms with E-state index in [1.807, 2.05) is 42.2 Å². The third kappa shape index (κ3) is 7.28. The van der Waals surface area contributed by atoms with E-state index in [4.69, 9.17) is 9.72 Å². The first-order chi connectivity index (χ1) is 17.1. The average molecular weight is 571 g/mol. The molecule has 38 heavy (non-hydrogen) atoms. The molecule has 5 rings (SSSR count). The van der Waals surface area contributed by atoms with Gasteiger partial charge in [-0.05, 0) is 62.4 Å². The predicted octanol–water partition coefficient (Wildman–Crippen LogP) is 4.74. The Labute approximate surface area is 235 Å². The third-order valence-electron chi connectivity index (χ3n) is 7.28. The van der Waals surface area contributed by atoms with Crippen molar-refractivity contribution < 1.29 is 19.4 Å². The molecule has 1 amide bonds. The zero-order valence-electron chi connectivity index (χ0n) is 21.6. The molecule has 3 aromatic rings. The van der Waals surface area contributed by atoms with Crippen LogP contribution in [0.1, 0.15) is 38.2 Å². The van der Waals surface area contributed by atoms with E-state index in [-0.39, 0.29) is 42.2 Å². The number of piperidine rings is 2. The lowest BCUT2D eigenvalue weighted by Gasteiger charge is -2.41. The van der Waals surface area contributed by atoms with Crippen molar-refractivity contribution in [2.45, 2.75) is 51.2 Å². The molecule has 2 aliphatic rings. The Morgan fingerprint density at radius 2 is 1.66 bits per heavy atom. The smallest absolute Gasteiger partial charge is 0.409 e. The number of para-hydroxylation sites is 2. The molecular weight excluding hydrogens is 532 g/mol. The molecule has 0 spiro atoms. The molecule has 2 aromatic carbocycles. The summed E-state index contributed by atoms with van der Waals surface area (Å²) in [5, 5.41) is 3.71. The zero-order valence-corrected chi connectivity index (χ0v) is 23.3. The van der Waals surface area contributed by atoms with E-state index < -0.39 is 0 Å². The van der Waals surface area contributed by atoms with Crippen molar-refractivity contribution in [3.05, 3.63) is 59.9 Å². The van der Waals surface area contributed by atoms with Gasteiger partial charge in [-0.2, -0.15) is 0 Å². The van der Waals surface area contributed by atoms with Gasteiger partial charge in [0, 0.05) is 38.3 Å². The second-order valence-electron chi connectivity index (χ2n) is 9.51. The SMILES string of the molecule is CCOC(=O)N1CCC(N2CCC(Nc3nc4ccccc4n3Cc3ccc(F)cc3)CC2)CC1.Cl.Cl.O. The third-order valence-corrected chi connectivity index (χ3v) is 7.28. The normalized spacial score (nSPS) is 16.7. The second kappa shape index (κ2) is 14.5. The maximum absolute atomic E-state index is 13.4. The molecular formula is C27H38Cl2FN5O3. The highest BCUT2D eigenvalue weighted by Gasteiger charge is 2.30. The molecule has 11 heteroatoms. The van der Waals surface area contributed by atoms with Gasteiger partial charge in [0.1, 0.15) is 5.82 Å². The molecule has 2 saturated heterocycles. The molecule has 2 fully saturated rings. The summed E-state index contributed by atoms with van der Waals surface area (Å²) < 4.78 is 20.7. The molecule has 0 atom stereocenters. The summed E-state index contributed by atoms with van der Waals surface area (Å²) in [7, 11) is 0. The Morgan fingerprint density at radius 1 is 1.00 bits per heavy atom. The molecule has 8 nitrogen and oxygen atoms in total. The number of carbonyl (C=O) groups is 1. The quantitative estimate of drug-likeness (QED) is 0.462. The van der Waals surface area contributed by atoms with Gasteiger partial charge in [-0.1, -0.05) is 24.3 Å². The number of aromatic nitrogens is 2. The number of imidazole rings is 1. The molecule has 0 radical (unpaired) electrons. The summed E-state index contributed by atoms with van der Waals surface area (Å²) >= 11 is 0. The minimum absolute atomic E-state index is 0. The number of benzene rings is 2. The summed E-state index contributed by atoms with van der Waals surface area (Å²) in [4.78, 5) is 21.3. The number of hydrogen-bond acceptors (Lipinski definition) is 5. The van der Waals surface area contributed by atoms with Crippen LogP contribution in [0.15, 0.2) is 48.5 Å². The number of hydrogen-bond donors (Lipinski definition) is 1. The van der Waals surface area contributed by atoms with Crippen LogP contribution >= 0.6 is 24.8 Å². The summed E-state index contributed by atoms with van der Waals surface area (Å²) in [5.74, 6) is 0.651. The Kier molecular flexibility index (Phi) is 12.1. The van der Waals surface area contributed by atoms with E-state index in [1.54, 1.807) is 0 Å². The van der Waals surface area contributed by atoms with Crippen LogP contribution in [0.3, 0.4) is 0 Å². The minimum atomic E-state index is -0.221. The number of carbonyl (C=O) groups excluding carboxylic acids is 1. The lowest BCUT2D eigenvalue weighted by Crippen LogP contribution is -2.50. The average Bonchev–Trinajstić information content (AvgIpc) is 3.23. The van der Waals surface area contributed by atoms with Crippen LogP contribution < -0.4 is 5.32 Å². The number of rotatable bonds is 6. The van der Waals surface area contributed by atoms with Gasteiger partial charge in [0.05, 0.1) is 24.2 Å². The van der Waals surface area contributed by atoms with E-state index in [0.717, 1.165) is 74.4 Å². The number of fused-ring (bicyclic) bond motifs is 1. The molecule has 0 bridgehead atoms. The van der Waals surface area contributed by atoms with Gasteiger partial charge < -0.3 is 29.9 Å². The van der Waals surface area contributed by atoms with Crippen molar-refractivity contribution in [3.8, 4) is 0 Å². The van der Waals surface area contributed by atoms with E-state index in [1.165, 1.54) is 12.1 Å². The first-order valence-electron chi connectivity index (χ1n) is 12.7. The maximum Gasteiger partial charge on any atom is 0.409 e. The highest BCUT2D eigenvalue weighted by atomic mass is 35.5. The zero-order chi connectivity index (χ0) is 24.2. The van der Waals surface area contributed by atoms with Crippen LogP contribution in [-0.4, -0.2) is 75.8 Å². The first-order valence-corrected chi connectivity index (χ1v) is 12.7. The molecule has 0 saturated carbocycles. The van der Waals surface area contributed by atoms with Crippen molar-refractivity contribution in [1.82, 2.24) is 19.4 Å². The van der Waals surface area contributed by atoms with E-state index >= 15 is 0 Å². The van der Waals surface area contributed by atoms with Gasteiger partial charge in [0.2, 0.25) is 5.95 Å². The van der Waals surface area contributed by atoms with Gasteiger partial charge in [0.25, 0.3) is 0 Å². The van der Waals surface area contributed by atoms with Gasteiger partial charge in [-0.25, -0.2) is 14.2 Å². The summed E-state index contributed by atoms with van der Waals surface area (Å²) in [5.41, 5.74) is 3.08. The Morgan fingerprint density at radius 3 is 2.32 bits per heavy atom. The predicted molar refractivity (Wildman–Crippen MR) is 153 cm³/mol. The Hall–Kier alpha value is -2.59. The number of nitrogens with zero attached hydrogens (tertiary/aromatic N) is 4. The standard InChI is InChI=1S/C27H34FN5O2.2ClH.H2O/c1-2-35-27(34)32-17-13-23(14-18-32)31-15-11-22(12-16-31)29-26-30-24-5-3-4-6-25(24)33(26)19-20-7-9-21(28)10-8-20;;;/h3-10,22-23H,2,11-19H2,1H3,(H,29,30);2*1H;1H2. The molecule has 2 aliphatic heterocycles. The maximum atomic E-state index is 13.4. The Balaban J connectivity index is 0.00000169. The fourth-order valence-corrected chi connectivity index (χ4v) is 5.34. The summed E-state index contributed by atoms with van der Waals surface area (Å²) in [6, 6.07) is 15.7. The van der Waals surface area contributed by atoms with Crippen LogP contribution in [-0.2, 0) is 11.3 Å². The molecule has 210 valence electrons. The summed E-state index contributed by atoms with van der Waals surface area (Å²) in [6.07, 6.45) is 3.93. The monoisotopic (exact) mass is 569 g/mol. The van der Waals surface area contributed by atoms with Gasteiger partial charge in [-0.3, -0.25) is 0 Å². The minimum Gasteiger partial charge on any atom is -0.450 e. The highest BCUT2D eigenvalue weighted by Crippen LogP contribution is 2.26. The van der Waals surface area contributed by atoms with Gasteiger partial charge >= 0.3 is 6.09 Å². The van der Waals surface area contributed by atoms with Gasteiger partial charge in [0.15, 0.2) is 0 Å². The largest absolute Gasteiger partial charge is 0.450 e. The lowest BCUT2D eigenvalue weighted by molar-refractivity contribution is 0.0674. The number of likely N-dealkylation sites (tertiary alicyclic amines) is 2. The van der Waals surface area contributed by atoms with Crippen LogP contribution in [0.2, 0.25) is 0 Å². The van der Waals surface area contributed by atoms with E-state index in [0.29, 0.717) is 25.2 Å². The first kappa shape index (κ1) is 31.6. The number of anilines is 1. The van der Waals surface area contributed by atoms with Crippen LogP contribution in [0, 0.1) is 5.82 Å². The lowest BCUT2D eigenvalue weighted by atomic mass is 9.98. The fraction of sp³-hybridized carbons (Fsp3) is 0.481. The number of halogens is 3. The van der Waals surface area contributed by atoms with E-state index in [9.17, 15) is 9.18 Å². The molecule has 3 heterocycles. The van der Waals surface area contributed by atoms with Crippen molar-refractivity contribution >= 4 is 47.9 Å². The van der Waals surface area contributed by atoms with Crippen molar-refractivity contribution in [2.24, 2.45) is 0 Å². The number of amides is 1. The van der Waals surface area contributed by atoms with Crippen molar-refractivity contribution in [3.63, 3.8) is 0 Å². The van der Waals surface area contributed by atoms with Gasteiger partial charge in [-0.15, -0.1) is 24.8 Å². The topological polar surface area (TPSA) is 94.1 Å². The highest BCUT2D eigenvalue weighted by molar-refractivity contribution is 5.85. The van der Waals surface area contributed by atoms with E-state index in [2.05, 4.69) is 20.9 Å². The van der Waals surface area contributed by atoms with Crippen molar-refractivity contribution in [1.29, 1.82) is 0 Å². The molecule has 0 aliphatic carbocycles. The Bertz CT molecular complexity index is 1150. The number of nitrogens with one attached hydrogen (secondary N) is 1. The number of ether oxygens (including phenoxy) is 1. The van der Waals surface area contributed by atoms with Crippen LogP contribution in [0.5, 0.6) is 0 Å².